The van der Waals surface area contributed by atoms with E-state index in [1.807, 2.05) is 0 Å². The van der Waals surface area contributed by atoms with Crippen molar-refractivity contribution in [1.29, 1.82) is 0 Å². The zero-order chi connectivity index (χ0) is 10.3. The Labute approximate surface area is 83.3 Å². The molecule has 0 radical (unpaired) electrons. The lowest BCUT2D eigenvalue weighted by molar-refractivity contribution is 0.229. The smallest absolute Gasteiger partial charge is 0.0135 e. The van der Waals surface area contributed by atoms with E-state index in [1.165, 1.54) is 19.3 Å². The molecule has 0 aromatic rings. The maximum Gasteiger partial charge on any atom is 0.0135 e. The molecule has 1 fully saturated rings. The van der Waals surface area contributed by atoms with E-state index in [0.29, 0.717) is 11.0 Å². The SMILES string of the molecule is CC1(C)CCC(C)(C)NC(C)(C)C1. The summed E-state index contributed by atoms with van der Waals surface area (Å²) in [6.45, 7) is 14.0. The van der Waals surface area contributed by atoms with Gasteiger partial charge < -0.3 is 5.32 Å². The number of hydrogen-bond acceptors (Lipinski definition) is 1. The molecular formula is C12H25N. The van der Waals surface area contributed by atoms with Gasteiger partial charge in [-0.2, -0.15) is 0 Å². The summed E-state index contributed by atoms with van der Waals surface area (Å²) < 4.78 is 0. The van der Waals surface area contributed by atoms with Crippen molar-refractivity contribution >= 4 is 0 Å². The quantitative estimate of drug-likeness (QED) is 0.607. The van der Waals surface area contributed by atoms with Crippen LogP contribution in [0.15, 0.2) is 0 Å². The van der Waals surface area contributed by atoms with Crippen molar-refractivity contribution in [2.24, 2.45) is 5.41 Å². The summed E-state index contributed by atoms with van der Waals surface area (Å²) in [5.74, 6) is 0. The van der Waals surface area contributed by atoms with E-state index < -0.39 is 0 Å². The lowest BCUT2D eigenvalue weighted by atomic mass is 9.78. The highest BCUT2D eigenvalue weighted by Gasteiger charge is 2.37. The standard InChI is InChI=1S/C12H25N/c1-10(2)7-8-11(3,4)13-12(5,6)9-10/h13H,7-9H2,1-6H3. The van der Waals surface area contributed by atoms with Crippen LogP contribution >= 0.6 is 0 Å². The first-order chi connectivity index (χ1) is 5.62. The van der Waals surface area contributed by atoms with Crippen molar-refractivity contribution < 1.29 is 0 Å². The summed E-state index contributed by atoms with van der Waals surface area (Å²) in [5, 5.41) is 3.75. The third-order valence-corrected chi connectivity index (χ3v) is 3.02. The fourth-order valence-corrected chi connectivity index (χ4v) is 2.96. The minimum Gasteiger partial charge on any atom is -0.307 e. The van der Waals surface area contributed by atoms with E-state index in [-0.39, 0.29) is 5.54 Å². The second-order valence-corrected chi connectivity index (χ2v) is 6.73. The minimum atomic E-state index is 0.281. The van der Waals surface area contributed by atoms with Crippen LogP contribution in [-0.2, 0) is 0 Å². The zero-order valence-electron chi connectivity index (χ0n) is 10.1. The van der Waals surface area contributed by atoms with Gasteiger partial charge in [0.2, 0.25) is 0 Å². The second kappa shape index (κ2) is 2.98. The fourth-order valence-electron chi connectivity index (χ4n) is 2.96. The van der Waals surface area contributed by atoms with E-state index in [0.717, 1.165) is 0 Å². The minimum absolute atomic E-state index is 0.281. The Morgan fingerprint density at radius 2 is 1.31 bits per heavy atom. The van der Waals surface area contributed by atoms with E-state index in [1.54, 1.807) is 0 Å². The molecule has 1 nitrogen and oxygen atoms in total. The molecule has 1 aliphatic rings. The van der Waals surface area contributed by atoms with Crippen LogP contribution in [0.1, 0.15) is 60.8 Å². The molecule has 78 valence electrons. The average Bonchev–Trinajstić information content (AvgIpc) is 1.83. The van der Waals surface area contributed by atoms with Gasteiger partial charge in [0, 0.05) is 11.1 Å². The molecule has 0 aliphatic carbocycles. The predicted octanol–water partition coefficient (Wildman–Crippen LogP) is 3.34. The number of hydrogen-bond donors (Lipinski definition) is 1. The first-order valence-corrected chi connectivity index (χ1v) is 5.41. The van der Waals surface area contributed by atoms with Gasteiger partial charge in [-0.05, 0) is 52.4 Å². The Hall–Kier alpha value is -0.0400. The van der Waals surface area contributed by atoms with Crippen LogP contribution in [0.4, 0.5) is 0 Å². The molecule has 1 rings (SSSR count). The third kappa shape index (κ3) is 3.30. The highest BCUT2D eigenvalue weighted by atomic mass is 15.0. The first-order valence-electron chi connectivity index (χ1n) is 5.41. The molecule has 0 aromatic heterocycles. The monoisotopic (exact) mass is 183 g/mol. The summed E-state index contributed by atoms with van der Waals surface area (Å²) in [5.41, 5.74) is 1.07. The molecular weight excluding hydrogens is 158 g/mol. The lowest BCUT2D eigenvalue weighted by Gasteiger charge is -2.36. The van der Waals surface area contributed by atoms with Crippen molar-refractivity contribution in [2.75, 3.05) is 0 Å². The van der Waals surface area contributed by atoms with Gasteiger partial charge in [0.25, 0.3) is 0 Å². The molecule has 0 atom stereocenters. The predicted molar refractivity (Wildman–Crippen MR) is 58.9 cm³/mol. The molecule has 0 spiro atoms. The molecule has 1 saturated heterocycles. The van der Waals surface area contributed by atoms with Crippen molar-refractivity contribution in [3.05, 3.63) is 0 Å². The third-order valence-electron chi connectivity index (χ3n) is 3.02. The highest BCUT2D eigenvalue weighted by molar-refractivity contribution is 4.96. The molecule has 0 aromatic carbocycles. The van der Waals surface area contributed by atoms with Gasteiger partial charge in [0.05, 0.1) is 0 Å². The number of rotatable bonds is 0. The highest BCUT2D eigenvalue weighted by Crippen LogP contribution is 2.38. The van der Waals surface area contributed by atoms with E-state index in [9.17, 15) is 0 Å². The van der Waals surface area contributed by atoms with Gasteiger partial charge >= 0.3 is 0 Å². The summed E-state index contributed by atoms with van der Waals surface area (Å²) >= 11 is 0. The summed E-state index contributed by atoms with van der Waals surface area (Å²) in [6, 6.07) is 0. The van der Waals surface area contributed by atoms with Gasteiger partial charge in [0.1, 0.15) is 0 Å². The normalized spacial score (nSPS) is 30.9. The van der Waals surface area contributed by atoms with Gasteiger partial charge in [-0.1, -0.05) is 13.8 Å². The van der Waals surface area contributed by atoms with Gasteiger partial charge in [-0.3, -0.25) is 0 Å². The van der Waals surface area contributed by atoms with Crippen molar-refractivity contribution in [3.8, 4) is 0 Å². The Bertz CT molecular complexity index is 169. The van der Waals surface area contributed by atoms with Crippen LogP contribution < -0.4 is 5.32 Å². The Kier molecular flexibility index (Phi) is 2.53. The zero-order valence-corrected chi connectivity index (χ0v) is 10.1. The van der Waals surface area contributed by atoms with Crippen molar-refractivity contribution in [2.45, 2.75) is 71.9 Å². The van der Waals surface area contributed by atoms with Crippen LogP contribution in [0.25, 0.3) is 0 Å². The molecule has 1 heterocycles. The van der Waals surface area contributed by atoms with Gasteiger partial charge in [-0.15, -0.1) is 0 Å². The van der Waals surface area contributed by atoms with Crippen LogP contribution in [0.2, 0.25) is 0 Å². The fraction of sp³-hybridized carbons (Fsp3) is 1.00. The maximum absolute atomic E-state index is 3.75. The molecule has 1 N–H and O–H groups in total. The van der Waals surface area contributed by atoms with Crippen molar-refractivity contribution in [3.63, 3.8) is 0 Å². The molecule has 0 unspecified atom stereocenters. The van der Waals surface area contributed by atoms with E-state index in [4.69, 9.17) is 0 Å². The Morgan fingerprint density at radius 1 is 0.769 bits per heavy atom. The Balaban J connectivity index is 2.82. The molecule has 0 saturated carbocycles. The number of nitrogens with one attached hydrogen (secondary N) is 1. The average molecular weight is 183 g/mol. The van der Waals surface area contributed by atoms with Gasteiger partial charge in [-0.25, -0.2) is 0 Å². The molecule has 13 heavy (non-hydrogen) atoms. The van der Waals surface area contributed by atoms with Crippen LogP contribution in [0, 0.1) is 5.41 Å². The van der Waals surface area contributed by atoms with E-state index >= 15 is 0 Å². The first kappa shape index (κ1) is 11.0. The van der Waals surface area contributed by atoms with Crippen LogP contribution in [-0.4, -0.2) is 11.1 Å². The van der Waals surface area contributed by atoms with Crippen LogP contribution in [0.3, 0.4) is 0 Å². The van der Waals surface area contributed by atoms with E-state index in [2.05, 4.69) is 46.9 Å². The topological polar surface area (TPSA) is 12.0 Å². The second-order valence-electron chi connectivity index (χ2n) is 6.73. The molecule has 0 amide bonds. The largest absolute Gasteiger partial charge is 0.307 e. The van der Waals surface area contributed by atoms with Crippen molar-refractivity contribution in [1.82, 2.24) is 5.32 Å². The molecule has 1 aliphatic heterocycles. The summed E-state index contributed by atoms with van der Waals surface area (Å²) in [7, 11) is 0. The van der Waals surface area contributed by atoms with Crippen LogP contribution in [0.5, 0.6) is 0 Å². The maximum atomic E-state index is 3.75. The molecule has 0 bridgehead atoms. The summed E-state index contributed by atoms with van der Waals surface area (Å²) in [4.78, 5) is 0. The summed E-state index contributed by atoms with van der Waals surface area (Å²) in [6.07, 6.45) is 3.88. The Morgan fingerprint density at radius 3 is 1.85 bits per heavy atom. The molecule has 1 heteroatoms. The van der Waals surface area contributed by atoms with Gasteiger partial charge in [0.15, 0.2) is 0 Å². The lowest BCUT2D eigenvalue weighted by Crippen LogP contribution is -2.50.